The molecule has 0 bridgehead atoms. The van der Waals surface area contributed by atoms with Crippen molar-refractivity contribution in [1.29, 1.82) is 0 Å². The first-order valence-corrected chi connectivity index (χ1v) is 8.75. The zero-order chi connectivity index (χ0) is 14.4. The van der Waals surface area contributed by atoms with Crippen LogP contribution in [-0.4, -0.2) is 22.7 Å². The van der Waals surface area contributed by atoms with Crippen LogP contribution >= 0.6 is 35.1 Å². The van der Waals surface area contributed by atoms with Crippen LogP contribution in [0.2, 0.25) is 5.02 Å². The standard InChI is InChI=1S/C16H17ClOS2/c1-12-6-2-4-8-15(12)19-10-13(18)11-20-16-9-5-3-7-14(16)17/h2-9,13,18H,10-11H2,1H3. The maximum Gasteiger partial charge on any atom is 0.0727 e. The fourth-order valence-electron chi connectivity index (χ4n) is 1.70. The molecule has 1 atom stereocenters. The first-order valence-electron chi connectivity index (χ1n) is 6.40. The van der Waals surface area contributed by atoms with Gasteiger partial charge in [-0.1, -0.05) is 41.9 Å². The summed E-state index contributed by atoms with van der Waals surface area (Å²) in [6.45, 7) is 2.09. The van der Waals surface area contributed by atoms with E-state index in [1.54, 1.807) is 23.5 Å². The molecule has 0 saturated heterocycles. The molecular weight excluding hydrogens is 308 g/mol. The van der Waals surface area contributed by atoms with Crippen molar-refractivity contribution in [3.05, 3.63) is 59.1 Å². The van der Waals surface area contributed by atoms with Gasteiger partial charge < -0.3 is 5.11 Å². The molecule has 1 unspecified atom stereocenters. The van der Waals surface area contributed by atoms with Crippen LogP contribution in [0.25, 0.3) is 0 Å². The number of rotatable bonds is 6. The van der Waals surface area contributed by atoms with E-state index in [0.29, 0.717) is 11.5 Å². The second-order valence-corrected chi connectivity index (χ2v) is 7.00. The maximum atomic E-state index is 10.1. The Morgan fingerprint density at radius 2 is 1.50 bits per heavy atom. The summed E-state index contributed by atoms with van der Waals surface area (Å²) >= 11 is 9.39. The second-order valence-electron chi connectivity index (χ2n) is 4.47. The molecule has 20 heavy (non-hydrogen) atoms. The van der Waals surface area contributed by atoms with Crippen LogP contribution in [-0.2, 0) is 0 Å². The fourth-order valence-corrected chi connectivity index (χ4v) is 3.98. The fraction of sp³-hybridized carbons (Fsp3) is 0.250. The van der Waals surface area contributed by atoms with E-state index in [2.05, 4.69) is 19.1 Å². The lowest BCUT2D eigenvalue weighted by Crippen LogP contribution is -2.13. The average molecular weight is 325 g/mol. The Morgan fingerprint density at radius 1 is 0.950 bits per heavy atom. The molecule has 0 fully saturated rings. The van der Waals surface area contributed by atoms with E-state index in [4.69, 9.17) is 11.6 Å². The van der Waals surface area contributed by atoms with Crippen molar-refractivity contribution >= 4 is 35.1 Å². The van der Waals surface area contributed by atoms with Gasteiger partial charge in [-0.15, -0.1) is 23.5 Å². The highest BCUT2D eigenvalue weighted by Crippen LogP contribution is 2.28. The Hall–Kier alpha value is -0.610. The lowest BCUT2D eigenvalue weighted by Gasteiger charge is -2.11. The summed E-state index contributed by atoms with van der Waals surface area (Å²) in [7, 11) is 0. The van der Waals surface area contributed by atoms with Crippen LogP contribution in [0, 0.1) is 6.92 Å². The molecular formula is C16H17ClOS2. The number of aryl methyl sites for hydroxylation is 1. The summed E-state index contributed by atoms with van der Waals surface area (Å²) in [5.41, 5.74) is 1.25. The highest BCUT2D eigenvalue weighted by Gasteiger charge is 2.08. The molecule has 0 heterocycles. The first kappa shape index (κ1) is 15.8. The highest BCUT2D eigenvalue weighted by atomic mass is 35.5. The maximum absolute atomic E-state index is 10.1. The number of benzene rings is 2. The molecule has 2 aromatic rings. The lowest BCUT2D eigenvalue weighted by molar-refractivity contribution is 0.225. The molecule has 2 rings (SSSR count). The van der Waals surface area contributed by atoms with E-state index < -0.39 is 0 Å². The Kier molecular flexibility index (Phi) is 6.30. The number of hydrogen-bond donors (Lipinski definition) is 1. The number of hydrogen-bond acceptors (Lipinski definition) is 3. The third-order valence-corrected chi connectivity index (χ3v) is 5.77. The monoisotopic (exact) mass is 324 g/mol. The van der Waals surface area contributed by atoms with Gasteiger partial charge in [0, 0.05) is 21.3 Å². The van der Waals surface area contributed by atoms with Crippen LogP contribution in [0.1, 0.15) is 5.56 Å². The summed E-state index contributed by atoms with van der Waals surface area (Å²) in [5, 5.41) is 10.8. The minimum atomic E-state index is -0.346. The quantitative estimate of drug-likeness (QED) is 0.764. The van der Waals surface area contributed by atoms with E-state index >= 15 is 0 Å². The van der Waals surface area contributed by atoms with Crippen LogP contribution < -0.4 is 0 Å². The van der Waals surface area contributed by atoms with Gasteiger partial charge in [-0.3, -0.25) is 0 Å². The minimum Gasteiger partial charge on any atom is -0.391 e. The van der Waals surface area contributed by atoms with Gasteiger partial charge in [0.25, 0.3) is 0 Å². The van der Waals surface area contributed by atoms with Crippen LogP contribution in [0.3, 0.4) is 0 Å². The summed E-state index contributed by atoms with van der Waals surface area (Å²) in [5.74, 6) is 1.35. The van der Waals surface area contributed by atoms with Crippen LogP contribution in [0.15, 0.2) is 58.3 Å². The van der Waals surface area contributed by atoms with Gasteiger partial charge in [-0.25, -0.2) is 0 Å². The average Bonchev–Trinajstić information content (AvgIpc) is 2.45. The zero-order valence-electron chi connectivity index (χ0n) is 11.3. The predicted octanol–water partition coefficient (Wildman–Crippen LogP) is 4.89. The predicted molar refractivity (Wildman–Crippen MR) is 90.1 cm³/mol. The molecule has 0 radical (unpaired) electrons. The molecule has 0 aliphatic heterocycles. The molecule has 1 N–H and O–H groups in total. The Bertz CT molecular complexity index is 510. The molecule has 2 aromatic carbocycles. The van der Waals surface area contributed by atoms with Crippen molar-refractivity contribution in [3.8, 4) is 0 Å². The van der Waals surface area contributed by atoms with E-state index in [1.807, 2.05) is 36.4 Å². The molecule has 0 amide bonds. The van der Waals surface area contributed by atoms with Gasteiger partial charge in [0.05, 0.1) is 11.1 Å². The van der Waals surface area contributed by atoms with Gasteiger partial charge in [0.1, 0.15) is 0 Å². The summed E-state index contributed by atoms with van der Waals surface area (Å²) in [4.78, 5) is 2.25. The van der Waals surface area contributed by atoms with E-state index in [0.717, 1.165) is 9.92 Å². The third-order valence-electron chi connectivity index (χ3n) is 2.79. The first-order chi connectivity index (χ1) is 9.66. The van der Waals surface area contributed by atoms with Gasteiger partial charge in [0.15, 0.2) is 0 Å². The number of thioether (sulfide) groups is 2. The van der Waals surface area contributed by atoms with Crippen molar-refractivity contribution in [2.45, 2.75) is 22.8 Å². The molecule has 0 aliphatic carbocycles. The SMILES string of the molecule is Cc1ccccc1SCC(O)CSc1ccccc1Cl. The van der Waals surface area contributed by atoms with Crippen molar-refractivity contribution < 1.29 is 5.11 Å². The Morgan fingerprint density at radius 3 is 2.15 bits per heavy atom. The van der Waals surface area contributed by atoms with Gasteiger partial charge in [-0.2, -0.15) is 0 Å². The topological polar surface area (TPSA) is 20.2 Å². The zero-order valence-corrected chi connectivity index (χ0v) is 13.6. The van der Waals surface area contributed by atoms with Crippen LogP contribution in [0.4, 0.5) is 0 Å². The number of aliphatic hydroxyl groups is 1. The second kappa shape index (κ2) is 7.99. The molecule has 1 nitrogen and oxygen atoms in total. The normalized spacial score (nSPS) is 12.3. The third kappa shape index (κ3) is 4.74. The Balaban J connectivity index is 1.80. The summed E-state index contributed by atoms with van der Waals surface area (Å²) in [6, 6.07) is 16.0. The van der Waals surface area contributed by atoms with Gasteiger partial charge in [0.2, 0.25) is 0 Å². The molecule has 106 valence electrons. The van der Waals surface area contributed by atoms with Gasteiger partial charge in [-0.05, 0) is 30.7 Å². The molecule has 0 spiro atoms. The van der Waals surface area contributed by atoms with Gasteiger partial charge >= 0.3 is 0 Å². The molecule has 0 aliphatic rings. The minimum absolute atomic E-state index is 0.346. The molecule has 4 heteroatoms. The van der Waals surface area contributed by atoms with Crippen molar-refractivity contribution in [1.82, 2.24) is 0 Å². The van der Waals surface area contributed by atoms with E-state index in [1.165, 1.54) is 10.5 Å². The Labute approximate surface area is 133 Å². The number of halogens is 1. The van der Waals surface area contributed by atoms with E-state index in [9.17, 15) is 5.11 Å². The highest BCUT2D eigenvalue weighted by molar-refractivity contribution is 8.00. The summed E-state index contributed by atoms with van der Waals surface area (Å²) in [6.07, 6.45) is -0.346. The number of aliphatic hydroxyl groups excluding tert-OH is 1. The smallest absolute Gasteiger partial charge is 0.0727 e. The van der Waals surface area contributed by atoms with Crippen molar-refractivity contribution in [3.63, 3.8) is 0 Å². The largest absolute Gasteiger partial charge is 0.391 e. The van der Waals surface area contributed by atoms with Crippen molar-refractivity contribution in [2.24, 2.45) is 0 Å². The lowest BCUT2D eigenvalue weighted by atomic mass is 10.2. The van der Waals surface area contributed by atoms with Crippen molar-refractivity contribution in [2.75, 3.05) is 11.5 Å². The van der Waals surface area contributed by atoms with E-state index in [-0.39, 0.29) is 6.10 Å². The molecule has 0 saturated carbocycles. The van der Waals surface area contributed by atoms with Crippen LogP contribution in [0.5, 0.6) is 0 Å². The summed E-state index contributed by atoms with van der Waals surface area (Å²) < 4.78 is 0. The molecule has 0 aromatic heterocycles.